The second kappa shape index (κ2) is 46.1. The van der Waals surface area contributed by atoms with Gasteiger partial charge in [-0.1, -0.05) is 184 Å². The normalized spacial score (nSPS) is 25.3. The molecule has 0 radical (unpaired) electrons. The molecule has 0 aromatic carbocycles. The van der Waals surface area contributed by atoms with E-state index >= 15 is 0 Å². The molecule has 0 aliphatic carbocycles. The SMILES string of the molecule is CCCCC/C=C\C/C=C\CCCCCCCCCC(=O)OC(COCCCCCCCCCCCC/C=C\C/C=C\CCCCCCC)COC1OC(COC2OC(CO)C(O)C(O)C2O)C(O)C(O)C1O. The number of hydrogen-bond donors (Lipinski definition) is 7. The Kier molecular flexibility index (Phi) is 42.3. The molecule has 0 saturated carbocycles. The number of carbonyl (C=O) groups is 1. The van der Waals surface area contributed by atoms with E-state index in [1.165, 1.54) is 135 Å². The number of rotatable bonds is 47. The number of hydrogen-bond acceptors (Lipinski definition) is 14. The molecule has 426 valence electrons. The van der Waals surface area contributed by atoms with Crippen molar-refractivity contribution in [1.82, 2.24) is 0 Å². The largest absolute Gasteiger partial charge is 0.457 e. The summed E-state index contributed by atoms with van der Waals surface area (Å²) in [6.07, 6.45) is 38.8. The Bertz CT molecular complexity index is 1390. The van der Waals surface area contributed by atoms with E-state index in [4.69, 9.17) is 28.4 Å². The van der Waals surface area contributed by atoms with Crippen molar-refractivity contribution in [2.75, 3.05) is 33.0 Å². The topological polar surface area (TPSA) is 214 Å². The second-order valence-corrected chi connectivity index (χ2v) is 20.5. The Morgan fingerprint density at radius 1 is 0.452 bits per heavy atom. The number of carbonyl (C=O) groups excluding carboxylic acids is 1. The lowest BCUT2D eigenvalue weighted by Crippen LogP contribution is -2.61. The van der Waals surface area contributed by atoms with Gasteiger partial charge in [0.1, 0.15) is 54.9 Å². The Morgan fingerprint density at radius 2 is 0.849 bits per heavy atom. The molecule has 2 fully saturated rings. The Morgan fingerprint density at radius 3 is 1.34 bits per heavy atom. The van der Waals surface area contributed by atoms with Gasteiger partial charge in [-0.3, -0.25) is 4.79 Å². The summed E-state index contributed by atoms with van der Waals surface area (Å²) in [6.45, 7) is 3.65. The molecular weight excluding hydrogens is 933 g/mol. The molecule has 14 heteroatoms. The molecule has 2 aliphatic heterocycles. The van der Waals surface area contributed by atoms with Crippen LogP contribution in [0.5, 0.6) is 0 Å². The third-order valence-corrected chi connectivity index (χ3v) is 13.8. The highest BCUT2D eigenvalue weighted by molar-refractivity contribution is 5.69. The third-order valence-electron chi connectivity index (χ3n) is 13.8. The molecular formula is C59H106O14. The molecule has 2 saturated heterocycles. The van der Waals surface area contributed by atoms with Crippen LogP contribution in [-0.2, 0) is 33.2 Å². The molecule has 73 heavy (non-hydrogen) atoms. The second-order valence-electron chi connectivity index (χ2n) is 20.5. The first-order chi connectivity index (χ1) is 35.6. The fourth-order valence-corrected chi connectivity index (χ4v) is 9.05. The van der Waals surface area contributed by atoms with Gasteiger partial charge in [0, 0.05) is 13.0 Å². The minimum atomic E-state index is -1.71. The van der Waals surface area contributed by atoms with Gasteiger partial charge < -0.3 is 64.2 Å². The first-order valence-corrected chi connectivity index (χ1v) is 29.2. The molecule has 0 bridgehead atoms. The number of aliphatic hydroxyl groups excluding tert-OH is 7. The summed E-state index contributed by atoms with van der Waals surface area (Å²) in [6, 6.07) is 0. The van der Waals surface area contributed by atoms with Gasteiger partial charge in [-0.15, -0.1) is 0 Å². The van der Waals surface area contributed by atoms with Gasteiger partial charge in [-0.05, 0) is 77.0 Å². The third kappa shape index (κ3) is 33.0. The number of ether oxygens (including phenoxy) is 6. The molecule has 2 rings (SSSR count). The Balaban J connectivity index is 1.72. The van der Waals surface area contributed by atoms with Crippen LogP contribution in [0.2, 0.25) is 0 Å². The van der Waals surface area contributed by atoms with Crippen molar-refractivity contribution in [3.63, 3.8) is 0 Å². The van der Waals surface area contributed by atoms with Gasteiger partial charge in [-0.2, -0.15) is 0 Å². The number of esters is 1. The monoisotopic (exact) mass is 1040 g/mol. The molecule has 0 spiro atoms. The maximum atomic E-state index is 13.1. The Labute approximate surface area is 442 Å². The predicted octanol–water partition coefficient (Wildman–Crippen LogP) is 10.3. The smallest absolute Gasteiger partial charge is 0.306 e. The highest BCUT2D eigenvalue weighted by atomic mass is 16.7. The summed E-state index contributed by atoms with van der Waals surface area (Å²) in [5.74, 6) is -0.384. The van der Waals surface area contributed by atoms with Crippen LogP contribution < -0.4 is 0 Å². The summed E-state index contributed by atoms with van der Waals surface area (Å²) < 4.78 is 34.4. The van der Waals surface area contributed by atoms with E-state index in [-0.39, 0.29) is 25.6 Å². The van der Waals surface area contributed by atoms with Crippen LogP contribution in [0.25, 0.3) is 0 Å². The lowest BCUT2D eigenvalue weighted by Gasteiger charge is -2.42. The van der Waals surface area contributed by atoms with Crippen LogP contribution in [0, 0.1) is 0 Å². The lowest BCUT2D eigenvalue weighted by atomic mass is 9.98. The zero-order valence-electron chi connectivity index (χ0n) is 45.6. The average Bonchev–Trinajstić information content (AvgIpc) is 3.39. The van der Waals surface area contributed by atoms with Gasteiger partial charge in [-0.25, -0.2) is 0 Å². The fourth-order valence-electron chi connectivity index (χ4n) is 9.05. The highest BCUT2D eigenvalue weighted by Crippen LogP contribution is 2.27. The van der Waals surface area contributed by atoms with Gasteiger partial charge in [0.25, 0.3) is 0 Å². The van der Waals surface area contributed by atoms with Gasteiger partial charge in [0.15, 0.2) is 12.6 Å². The van der Waals surface area contributed by atoms with E-state index in [2.05, 4.69) is 62.5 Å². The van der Waals surface area contributed by atoms with E-state index in [0.29, 0.717) is 13.0 Å². The lowest BCUT2D eigenvalue weighted by molar-refractivity contribution is -0.332. The number of aliphatic hydroxyl groups is 7. The molecule has 11 unspecified atom stereocenters. The van der Waals surface area contributed by atoms with Crippen LogP contribution in [0.4, 0.5) is 0 Å². The van der Waals surface area contributed by atoms with Crippen molar-refractivity contribution in [2.45, 2.75) is 287 Å². The first kappa shape index (κ1) is 67.1. The van der Waals surface area contributed by atoms with Crippen LogP contribution >= 0.6 is 0 Å². The summed E-state index contributed by atoms with van der Waals surface area (Å²) in [5.41, 5.74) is 0. The van der Waals surface area contributed by atoms with E-state index in [9.17, 15) is 40.5 Å². The molecule has 7 N–H and O–H groups in total. The van der Waals surface area contributed by atoms with Crippen molar-refractivity contribution >= 4 is 5.97 Å². The first-order valence-electron chi connectivity index (χ1n) is 29.2. The van der Waals surface area contributed by atoms with Gasteiger partial charge in [0.2, 0.25) is 0 Å². The average molecular weight is 1040 g/mol. The predicted molar refractivity (Wildman–Crippen MR) is 289 cm³/mol. The zero-order chi connectivity index (χ0) is 53.0. The van der Waals surface area contributed by atoms with Crippen molar-refractivity contribution in [3.05, 3.63) is 48.6 Å². The highest BCUT2D eigenvalue weighted by Gasteiger charge is 2.47. The molecule has 0 aromatic rings. The minimum absolute atomic E-state index is 0.0560. The summed E-state index contributed by atoms with van der Waals surface area (Å²) in [4.78, 5) is 13.1. The maximum absolute atomic E-state index is 13.1. The minimum Gasteiger partial charge on any atom is -0.457 e. The van der Waals surface area contributed by atoms with E-state index in [0.717, 1.165) is 57.8 Å². The molecule has 11 atom stereocenters. The van der Waals surface area contributed by atoms with Crippen molar-refractivity contribution in [2.24, 2.45) is 0 Å². The van der Waals surface area contributed by atoms with Crippen LogP contribution in [-0.4, -0.2) is 142 Å². The summed E-state index contributed by atoms with van der Waals surface area (Å²) >= 11 is 0. The van der Waals surface area contributed by atoms with E-state index in [1.807, 2.05) is 0 Å². The van der Waals surface area contributed by atoms with Crippen LogP contribution in [0.3, 0.4) is 0 Å². The summed E-state index contributed by atoms with van der Waals surface area (Å²) in [7, 11) is 0. The Hall–Kier alpha value is -2.05. The number of unbranched alkanes of at least 4 members (excludes halogenated alkanes) is 25. The van der Waals surface area contributed by atoms with Crippen LogP contribution in [0.1, 0.15) is 219 Å². The van der Waals surface area contributed by atoms with Gasteiger partial charge in [0.05, 0.1) is 26.4 Å². The standard InChI is InChI=1S/C59H106O14/c1-3-5-7-9-11-13-15-17-19-21-22-23-24-25-27-29-31-33-35-37-39-41-43-68-45-48(71-51(61)42-40-38-36-34-32-30-28-26-20-18-16-14-12-10-8-6-4-2)46-69-58-57(67)55(65)53(63)50(73-58)47-70-59-56(66)54(64)52(62)49(44-60)72-59/h12,14-15,17-18,20-22,48-50,52-60,62-67H,3-11,13,16,19,23-47H2,1-2H3/b14-12-,17-15-,20-18-,22-21-. The van der Waals surface area contributed by atoms with Crippen molar-refractivity contribution in [1.29, 1.82) is 0 Å². The zero-order valence-corrected chi connectivity index (χ0v) is 45.6. The molecule has 14 nitrogen and oxygen atoms in total. The molecule has 0 amide bonds. The van der Waals surface area contributed by atoms with E-state index < -0.39 is 80.7 Å². The maximum Gasteiger partial charge on any atom is 0.306 e. The molecule has 2 heterocycles. The van der Waals surface area contributed by atoms with Crippen molar-refractivity contribution < 1.29 is 69.0 Å². The van der Waals surface area contributed by atoms with E-state index in [1.54, 1.807) is 0 Å². The van der Waals surface area contributed by atoms with Gasteiger partial charge >= 0.3 is 5.97 Å². The fraction of sp³-hybridized carbons (Fsp3) is 0.847. The van der Waals surface area contributed by atoms with Crippen LogP contribution in [0.15, 0.2) is 48.6 Å². The quantitative estimate of drug-likeness (QED) is 0.0172. The summed E-state index contributed by atoms with van der Waals surface area (Å²) in [5, 5.41) is 72.3. The van der Waals surface area contributed by atoms with Crippen molar-refractivity contribution in [3.8, 4) is 0 Å². The molecule has 0 aromatic heterocycles. The number of allylic oxidation sites excluding steroid dienone is 8. The molecule has 2 aliphatic rings.